The average Bonchev–Trinajstić information content (AvgIpc) is 3.34. The van der Waals surface area contributed by atoms with Crippen molar-refractivity contribution in [2.24, 2.45) is 0 Å². The van der Waals surface area contributed by atoms with Gasteiger partial charge in [0.05, 0.1) is 23.9 Å². The van der Waals surface area contributed by atoms with Crippen molar-refractivity contribution >= 4 is 11.8 Å². The van der Waals surface area contributed by atoms with Gasteiger partial charge in [-0.2, -0.15) is 13.2 Å². The molecule has 196 valence electrons. The first kappa shape index (κ1) is 26.3. The van der Waals surface area contributed by atoms with Crippen molar-refractivity contribution < 1.29 is 27.5 Å². The van der Waals surface area contributed by atoms with Gasteiger partial charge >= 0.3 is 6.18 Å². The zero-order chi connectivity index (χ0) is 26.6. The van der Waals surface area contributed by atoms with Gasteiger partial charge in [0.25, 0.3) is 5.91 Å². The Hall–Kier alpha value is -3.79. The molecule has 2 N–H and O–H groups in total. The van der Waals surface area contributed by atoms with Crippen LogP contribution < -0.4 is 10.1 Å². The number of nitrogens with zero attached hydrogens (tertiary/aromatic N) is 2. The van der Waals surface area contributed by atoms with E-state index in [0.29, 0.717) is 60.0 Å². The van der Waals surface area contributed by atoms with E-state index in [9.17, 15) is 22.8 Å². The Kier molecular flexibility index (Phi) is 7.87. The predicted molar refractivity (Wildman–Crippen MR) is 134 cm³/mol. The molecule has 3 aromatic rings. The highest BCUT2D eigenvalue weighted by atomic mass is 19.4. The standard InChI is InChI=1S/C27H29F3N4O3/c1-18(35)34-14-12-33(13-15-34)11-10-31-26(36)23-17-24(19-6-8-21(9-7-19)27(28,29)30)32-25(23)20-4-3-5-22(16-20)37-2/h3-9,16-17,32H,10-15H2,1-2H3,(H,31,36). The van der Waals surface area contributed by atoms with Crippen LogP contribution in [-0.4, -0.2) is 73.0 Å². The minimum atomic E-state index is -4.43. The van der Waals surface area contributed by atoms with Crippen molar-refractivity contribution in [2.45, 2.75) is 13.1 Å². The lowest BCUT2D eigenvalue weighted by Gasteiger charge is -2.34. The number of benzene rings is 2. The maximum Gasteiger partial charge on any atom is 0.416 e. The van der Waals surface area contributed by atoms with Gasteiger partial charge in [0.1, 0.15) is 5.75 Å². The SMILES string of the molecule is COc1cccc(-c2[nH]c(-c3ccc(C(F)(F)F)cc3)cc2C(=O)NCCN2CCN(C(C)=O)CC2)c1. The molecule has 1 aliphatic rings. The van der Waals surface area contributed by atoms with E-state index in [1.165, 1.54) is 12.1 Å². The lowest BCUT2D eigenvalue weighted by molar-refractivity contribution is -0.137. The molecule has 7 nitrogen and oxygen atoms in total. The minimum Gasteiger partial charge on any atom is -0.497 e. The summed E-state index contributed by atoms with van der Waals surface area (Å²) in [5.41, 5.74) is 1.95. The van der Waals surface area contributed by atoms with Gasteiger partial charge in [0, 0.05) is 57.4 Å². The topological polar surface area (TPSA) is 77.7 Å². The number of hydrogen-bond donors (Lipinski definition) is 2. The van der Waals surface area contributed by atoms with E-state index in [0.717, 1.165) is 25.2 Å². The van der Waals surface area contributed by atoms with Gasteiger partial charge in [-0.25, -0.2) is 0 Å². The molecule has 0 aliphatic carbocycles. The number of nitrogens with one attached hydrogen (secondary N) is 2. The Bertz CT molecular complexity index is 1250. The third-order valence-corrected chi connectivity index (χ3v) is 6.48. The number of H-pyrrole nitrogens is 1. The molecule has 0 unspecified atom stereocenters. The zero-order valence-electron chi connectivity index (χ0n) is 20.7. The number of alkyl halides is 3. The maximum absolute atomic E-state index is 13.2. The number of carbonyl (C=O) groups excluding carboxylic acids is 2. The molecule has 1 saturated heterocycles. The molecule has 0 saturated carbocycles. The molecule has 10 heteroatoms. The number of methoxy groups -OCH3 is 1. The molecule has 2 amide bonds. The van der Waals surface area contributed by atoms with Crippen molar-refractivity contribution in [3.63, 3.8) is 0 Å². The Morgan fingerprint density at radius 1 is 1.00 bits per heavy atom. The van der Waals surface area contributed by atoms with E-state index >= 15 is 0 Å². The summed E-state index contributed by atoms with van der Waals surface area (Å²) < 4.78 is 44.3. The molecule has 1 fully saturated rings. The van der Waals surface area contributed by atoms with E-state index in [2.05, 4.69) is 15.2 Å². The number of hydrogen-bond acceptors (Lipinski definition) is 4. The highest BCUT2D eigenvalue weighted by Crippen LogP contribution is 2.33. The minimum absolute atomic E-state index is 0.0642. The third-order valence-electron chi connectivity index (χ3n) is 6.48. The Morgan fingerprint density at radius 2 is 1.70 bits per heavy atom. The second-order valence-electron chi connectivity index (χ2n) is 8.88. The van der Waals surface area contributed by atoms with E-state index in [1.807, 2.05) is 6.07 Å². The monoisotopic (exact) mass is 514 g/mol. The van der Waals surface area contributed by atoms with Crippen LogP contribution in [0.15, 0.2) is 54.6 Å². The average molecular weight is 515 g/mol. The quantitative estimate of drug-likeness (QED) is 0.494. The van der Waals surface area contributed by atoms with Crippen LogP contribution in [0.4, 0.5) is 13.2 Å². The number of amides is 2. The largest absolute Gasteiger partial charge is 0.497 e. The number of piperazine rings is 1. The molecule has 1 aromatic heterocycles. The molecule has 2 heterocycles. The number of rotatable bonds is 7. The molecule has 0 bridgehead atoms. The molecule has 37 heavy (non-hydrogen) atoms. The fraction of sp³-hybridized carbons (Fsp3) is 0.333. The van der Waals surface area contributed by atoms with Crippen molar-refractivity contribution in [3.8, 4) is 28.3 Å². The fourth-order valence-electron chi connectivity index (χ4n) is 4.34. The molecular formula is C27H29F3N4O3. The van der Waals surface area contributed by atoms with E-state index in [-0.39, 0.29) is 11.8 Å². The van der Waals surface area contributed by atoms with Gasteiger partial charge < -0.3 is 19.9 Å². The predicted octanol–water partition coefficient (Wildman–Crippen LogP) is 4.27. The summed E-state index contributed by atoms with van der Waals surface area (Å²) in [5, 5.41) is 2.95. The maximum atomic E-state index is 13.2. The van der Waals surface area contributed by atoms with Gasteiger partial charge in [0.15, 0.2) is 0 Å². The number of halogens is 3. The lowest BCUT2D eigenvalue weighted by Crippen LogP contribution is -2.49. The first-order chi connectivity index (χ1) is 17.7. The number of carbonyl (C=O) groups is 2. The van der Waals surface area contributed by atoms with Crippen LogP contribution >= 0.6 is 0 Å². The second kappa shape index (κ2) is 11.1. The Balaban J connectivity index is 1.53. The summed E-state index contributed by atoms with van der Waals surface area (Å²) >= 11 is 0. The van der Waals surface area contributed by atoms with Crippen molar-refractivity contribution in [2.75, 3.05) is 46.4 Å². The number of aromatic nitrogens is 1. The summed E-state index contributed by atoms with van der Waals surface area (Å²) in [4.78, 5) is 31.9. The van der Waals surface area contributed by atoms with E-state index in [4.69, 9.17) is 4.74 Å². The molecular weight excluding hydrogens is 485 g/mol. The Morgan fingerprint density at radius 3 is 2.32 bits per heavy atom. The number of aromatic amines is 1. The third kappa shape index (κ3) is 6.32. The second-order valence-corrected chi connectivity index (χ2v) is 8.88. The smallest absolute Gasteiger partial charge is 0.416 e. The Labute approximate surface area is 213 Å². The van der Waals surface area contributed by atoms with Crippen molar-refractivity contribution in [1.82, 2.24) is 20.1 Å². The summed E-state index contributed by atoms with van der Waals surface area (Å²) in [5.74, 6) is 0.378. The first-order valence-corrected chi connectivity index (χ1v) is 12.0. The fourth-order valence-corrected chi connectivity index (χ4v) is 4.34. The van der Waals surface area contributed by atoms with Gasteiger partial charge in [0.2, 0.25) is 5.91 Å². The molecule has 0 spiro atoms. The van der Waals surface area contributed by atoms with Crippen LogP contribution in [0.2, 0.25) is 0 Å². The normalized spacial score (nSPS) is 14.5. The highest BCUT2D eigenvalue weighted by Gasteiger charge is 2.30. The van der Waals surface area contributed by atoms with Gasteiger partial charge in [-0.3, -0.25) is 14.5 Å². The molecule has 0 atom stereocenters. The van der Waals surface area contributed by atoms with Crippen LogP contribution in [-0.2, 0) is 11.0 Å². The molecule has 2 aromatic carbocycles. The zero-order valence-corrected chi connectivity index (χ0v) is 20.7. The molecule has 0 radical (unpaired) electrons. The van der Waals surface area contributed by atoms with Crippen molar-refractivity contribution in [1.29, 1.82) is 0 Å². The van der Waals surface area contributed by atoms with Crippen LogP contribution in [0.1, 0.15) is 22.8 Å². The first-order valence-electron chi connectivity index (χ1n) is 12.0. The van der Waals surface area contributed by atoms with Crippen molar-refractivity contribution in [3.05, 3.63) is 65.7 Å². The van der Waals surface area contributed by atoms with E-state index in [1.54, 1.807) is 43.2 Å². The molecule has 4 rings (SSSR count). The summed E-state index contributed by atoms with van der Waals surface area (Å²) in [7, 11) is 1.55. The van der Waals surface area contributed by atoms with E-state index < -0.39 is 11.7 Å². The van der Waals surface area contributed by atoms with Crippen LogP contribution in [0.3, 0.4) is 0 Å². The van der Waals surface area contributed by atoms with Crippen LogP contribution in [0, 0.1) is 0 Å². The summed E-state index contributed by atoms with van der Waals surface area (Å²) in [6, 6.07) is 13.7. The molecule has 1 aliphatic heterocycles. The number of ether oxygens (including phenoxy) is 1. The van der Waals surface area contributed by atoms with Crippen LogP contribution in [0.25, 0.3) is 22.5 Å². The summed E-state index contributed by atoms with van der Waals surface area (Å²) in [6.07, 6.45) is -4.43. The van der Waals surface area contributed by atoms with Gasteiger partial charge in [-0.05, 0) is 35.9 Å². The van der Waals surface area contributed by atoms with Gasteiger partial charge in [-0.15, -0.1) is 0 Å². The summed E-state index contributed by atoms with van der Waals surface area (Å²) in [6.45, 7) is 5.43. The highest BCUT2D eigenvalue weighted by molar-refractivity contribution is 6.01. The lowest BCUT2D eigenvalue weighted by atomic mass is 10.1. The van der Waals surface area contributed by atoms with Gasteiger partial charge in [-0.1, -0.05) is 24.3 Å². The van der Waals surface area contributed by atoms with Crippen LogP contribution in [0.5, 0.6) is 5.75 Å².